The third-order valence-electron chi connectivity index (χ3n) is 9.12. The molecule has 0 aliphatic rings. The summed E-state index contributed by atoms with van der Waals surface area (Å²) in [4.78, 5) is 38.8. The molecule has 55 heavy (non-hydrogen) atoms. The number of aromatic amines is 1. The number of hydrogen-bond acceptors (Lipinski definition) is 9. The highest BCUT2D eigenvalue weighted by Gasteiger charge is 2.29. The van der Waals surface area contributed by atoms with E-state index in [-0.39, 0.29) is 59.1 Å². The number of aromatic nitrogens is 3. The molecule has 1 unspecified atom stereocenters. The summed E-state index contributed by atoms with van der Waals surface area (Å²) in [6.45, 7) is 7.43. The van der Waals surface area contributed by atoms with Crippen LogP contribution in [-0.4, -0.2) is 66.1 Å². The van der Waals surface area contributed by atoms with Gasteiger partial charge in [0.15, 0.2) is 27.7 Å². The van der Waals surface area contributed by atoms with E-state index in [1.807, 2.05) is 38.1 Å². The van der Waals surface area contributed by atoms with Crippen LogP contribution in [0.4, 0.5) is 8.78 Å². The molecule has 0 aliphatic heterocycles. The predicted octanol–water partition coefficient (Wildman–Crippen LogP) is 8.17. The number of sulfone groups is 1. The normalized spacial score (nSPS) is 12.4. The zero-order valence-corrected chi connectivity index (χ0v) is 32.1. The average Bonchev–Trinajstić information content (AvgIpc) is 3.80. The minimum Gasteiger partial charge on any atom is -0.466 e. The molecule has 1 atom stereocenters. The maximum Gasteiger partial charge on any atom is 0.321 e. The summed E-state index contributed by atoms with van der Waals surface area (Å²) >= 11 is 0. The topological polar surface area (TPSA) is 147 Å². The highest BCUT2D eigenvalue weighted by atomic mass is 32.2. The van der Waals surface area contributed by atoms with Gasteiger partial charge in [0.1, 0.15) is 17.3 Å². The Bertz CT molecular complexity index is 2260. The Kier molecular flexibility index (Phi) is 13.2. The van der Waals surface area contributed by atoms with Crippen molar-refractivity contribution in [1.29, 1.82) is 0 Å². The summed E-state index contributed by atoms with van der Waals surface area (Å²) in [5, 5.41) is 5.25. The fourth-order valence-corrected chi connectivity index (χ4v) is 8.58. The van der Waals surface area contributed by atoms with Gasteiger partial charge in [-0.1, -0.05) is 44.5 Å². The molecule has 11 nitrogen and oxygen atoms in total. The number of esters is 2. The minimum absolute atomic E-state index is 0.0125. The van der Waals surface area contributed by atoms with E-state index < -0.39 is 38.6 Å². The third kappa shape index (κ3) is 10.7. The van der Waals surface area contributed by atoms with Crippen LogP contribution in [-0.2, 0) is 35.3 Å². The highest BCUT2D eigenvalue weighted by molar-refractivity contribution is 7.92. The smallest absolute Gasteiger partial charge is 0.321 e. The molecule has 0 saturated heterocycles. The molecule has 3 aromatic carbocycles. The molecule has 0 spiro atoms. The van der Waals surface area contributed by atoms with E-state index >= 15 is 8.78 Å². The van der Waals surface area contributed by atoms with Crippen molar-refractivity contribution in [2.45, 2.75) is 65.8 Å². The summed E-state index contributed by atoms with van der Waals surface area (Å²) in [5.74, 6) is -3.52. The maximum absolute atomic E-state index is 15.4. The van der Waals surface area contributed by atoms with Crippen LogP contribution in [0.2, 0.25) is 0 Å². The molecule has 0 bridgehead atoms. The van der Waals surface area contributed by atoms with Crippen molar-refractivity contribution in [3.8, 4) is 22.8 Å². The van der Waals surface area contributed by atoms with E-state index in [1.54, 1.807) is 43.1 Å². The molecule has 292 valence electrons. The number of hydrogen-bond donors (Lipinski definition) is 1. The van der Waals surface area contributed by atoms with Crippen LogP contribution in [0.1, 0.15) is 80.9 Å². The monoisotopic (exact) mass is 777 g/mol. The first-order valence-electron chi connectivity index (χ1n) is 18.1. The van der Waals surface area contributed by atoms with Crippen LogP contribution in [0.25, 0.3) is 22.2 Å². The molecule has 5 rings (SSSR count). The van der Waals surface area contributed by atoms with Crippen molar-refractivity contribution in [3.63, 3.8) is 0 Å². The van der Waals surface area contributed by atoms with Crippen molar-refractivity contribution >= 4 is 39.0 Å². The molecule has 14 heteroatoms. The first-order valence-corrected chi connectivity index (χ1v) is 19.9. The Morgan fingerprint density at radius 2 is 1.75 bits per heavy atom. The lowest BCUT2D eigenvalue weighted by molar-refractivity contribution is -0.143. The molecular formula is C41H45F2N3O8S. The molecule has 2 aromatic heterocycles. The number of benzene rings is 3. The molecule has 1 N–H and O–H groups in total. The summed E-state index contributed by atoms with van der Waals surface area (Å²) in [5.41, 5.74) is 1.92. The van der Waals surface area contributed by atoms with Crippen LogP contribution >= 0.6 is 0 Å². The molecule has 5 aromatic rings. The van der Waals surface area contributed by atoms with Gasteiger partial charge in [0.25, 0.3) is 0 Å². The number of carbonyl (C=O) groups is 3. The van der Waals surface area contributed by atoms with E-state index in [0.717, 1.165) is 11.1 Å². The number of ether oxygens (including phenoxy) is 3. The Balaban J connectivity index is 1.41. The van der Waals surface area contributed by atoms with Crippen LogP contribution in [0.15, 0.2) is 73.1 Å². The Hall–Kier alpha value is -5.37. The number of rotatable bonds is 19. The number of carbonyl (C=O) groups excluding carboxylic acids is 3. The average molecular weight is 778 g/mol. The van der Waals surface area contributed by atoms with Gasteiger partial charge in [0.2, 0.25) is 0 Å². The van der Waals surface area contributed by atoms with Crippen molar-refractivity contribution in [3.05, 3.63) is 101 Å². The maximum atomic E-state index is 15.4. The van der Waals surface area contributed by atoms with E-state index in [2.05, 4.69) is 4.98 Å². The second kappa shape index (κ2) is 17.8. The van der Waals surface area contributed by atoms with Gasteiger partial charge < -0.3 is 19.2 Å². The van der Waals surface area contributed by atoms with Crippen molar-refractivity contribution in [2.24, 2.45) is 5.41 Å². The van der Waals surface area contributed by atoms with Crippen LogP contribution in [0.3, 0.4) is 0 Å². The van der Waals surface area contributed by atoms with E-state index in [1.165, 1.54) is 24.3 Å². The van der Waals surface area contributed by atoms with Gasteiger partial charge in [0.05, 0.1) is 36.3 Å². The lowest BCUT2D eigenvalue weighted by Crippen LogP contribution is -2.29. The van der Waals surface area contributed by atoms with Gasteiger partial charge in [-0.3, -0.25) is 19.1 Å². The van der Waals surface area contributed by atoms with Crippen LogP contribution in [0, 0.1) is 17.0 Å². The zero-order chi connectivity index (χ0) is 39.8. The summed E-state index contributed by atoms with van der Waals surface area (Å²) in [7, 11) is -3.72. The predicted molar refractivity (Wildman–Crippen MR) is 204 cm³/mol. The molecule has 0 amide bonds. The molecule has 0 aliphatic carbocycles. The lowest BCUT2D eigenvalue weighted by Gasteiger charge is -2.26. The Morgan fingerprint density at radius 3 is 2.49 bits per heavy atom. The first-order chi connectivity index (χ1) is 26.2. The highest BCUT2D eigenvalue weighted by Crippen LogP contribution is 2.36. The van der Waals surface area contributed by atoms with Gasteiger partial charge in [-0.05, 0) is 80.0 Å². The van der Waals surface area contributed by atoms with Crippen LogP contribution in [0.5, 0.6) is 11.5 Å². The van der Waals surface area contributed by atoms with Crippen molar-refractivity contribution < 1.29 is 45.8 Å². The molecule has 0 radical (unpaired) electrons. The number of aldehydes is 1. The van der Waals surface area contributed by atoms with Crippen molar-refractivity contribution in [2.75, 3.05) is 24.7 Å². The Labute approximate surface area is 318 Å². The second-order valence-corrected chi connectivity index (χ2v) is 16.1. The van der Waals surface area contributed by atoms with E-state index in [4.69, 9.17) is 19.3 Å². The molecule has 0 fully saturated rings. The van der Waals surface area contributed by atoms with E-state index in [0.29, 0.717) is 49.5 Å². The fraction of sp³-hybridized carbons (Fsp3) is 0.366. The van der Waals surface area contributed by atoms with Crippen molar-refractivity contribution in [1.82, 2.24) is 14.8 Å². The Morgan fingerprint density at radius 1 is 0.982 bits per heavy atom. The standard InChI is InChI=1S/C41H45F2N3O8S/c1-5-52-38(48)15-12-27-9-7-10-28(21-27)37(11-8-18-41(3,4)26-55(50,51)25-39(49)53-6-2)46-20-17-35(45-46)31-22-29(13-14-33(31)42)54-40-32(24-47)30-16-19-44-36(30)23-34(40)43/h7,9-10,13-14,16-17,19-24,37,44H,5-6,8,11-12,15,18,25-26H2,1-4H3. The van der Waals surface area contributed by atoms with Gasteiger partial charge in [-0.15, -0.1) is 0 Å². The fourth-order valence-electron chi connectivity index (χ4n) is 6.70. The van der Waals surface area contributed by atoms with Gasteiger partial charge in [-0.25, -0.2) is 17.2 Å². The van der Waals surface area contributed by atoms with Gasteiger partial charge >= 0.3 is 11.9 Å². The summed E-state index contributed by atoms with van der Waals surface area (Å²) in [6, 6.07) is 15.8. The third-order valence-corrected chi connectivity index (χ3v) is 11.0. The number of aryl methyl sites for hydroxylation is 1. The first kappa shape index (κ1) is 40.8. The summed E-state index contributed by atoms with van der Waals surface area (Å²) < 4.78 is 73.6. The van der Waals surface area contributed by atoms with E-state index in [9.17, 15) is 22.8 Å². The number of nitrogens with one attached hydrogen (secondary N) is 1. The number of H-pyrrole nitrogens is 1. The largest absolute Gasteiger partial charge is 0.466 e. The molecule has 0 saturated carbocycles. The second-order valence-electron chi connectivity index (χ2n) is 14.0. The minimum atomic E-state index is -3.72. The number of nitrogens with zero attached hydrogens (tertiary/aromatic N) is 2. The molecule has 2 heterocycles. The number of fused-ring (bicyclic) bond motifs is 1. The van der Waals surface area contributed by atoms with Gasteiger partial charge in [-0.2, -0.15) is 5.10 Å². The SMILES string of the molecule is CCOC(=O)CCc1cccc(C(CCCC(C)(C)CS(=O)(=O)CC(=O)OCC)n2ccc(-c3cc(Oc4c(F)cc5[nH]ccc5c4C=O)ccc3F)n2)c1. The van der Waals surface area contributed by atoms with Gasteiger partial charge in [0, 0.05) is 41.3 Å². The summed E-state index contributed by atoms with van der Waals surface area (Å²) in [6.07, 6.45) is 6.07. The lowest BCUT2D eigenvalue weighted by atomic mass is 9.87. The number of halogens is 2. The quantitative estimate of drug-likeness (QED) is 0.0648. The van der Waals surface area contributed by atoms with Crippen LogP contribution < -0.4 is 4.74 Å². The zero-order valence-electron chi connectivity index (χ0n) is 31.3. The molecular weight excluding hydrogens is 733 g/mol.